The lowest BCUT2D eigenvalue weighted by Gasteiger charge is -2.28. The molecule has 4 heteroatoms. The number of thiophene rings is 3. The summed E-state index contributed by atoms with van der Waals surface area (Å²) < 4.78 is 8.07. The van der Waals surface area contributed by atoms with E-state index in [4.69, 9.17) is 0 Å². The van der Waals surface area contributed by atoms with Gasteiger partial charge in [-0.2, -0.15) is 0 Å². The van der Waals surface area contributed by atoms with Gasteiger partial charge in [-0.1, -0.05) is 109 Å². The maximum Gasteiger partial charge on any atom is 0.0460 e. The van der Waals surface area contributed by atoms with Crippen LogP contribution in [0.5, 0.6) is 0 Å². The number of fused-ring (bicyclic) bond motifs is 20. The number of hydrogen-bond acceptors (Lipinski definition) is 4. The number of rotatable bonds is 2. The van der Waals surface area contributed by atoms with E-state index in [0.717, 1.165) is 0 Å². The Hall–Kier alpha value is -6.27. The van der Waals surface area contributed by atoms with Crippen LogP contribution in [-0.2, 0) is 0 Å². The van der Waals surface area contributed by atoms with Crippen molar-refractivity contribution in [2.45, 2.75) is 16.1 Å². The van der Waals surface area contributed by atoms with Crippen LogP contribution in [0, 0.1) is 0 Å². The maximum absolute atomic E-state index is 2.57. The Kier molecular flexibility index (Phi) is 7.01. The van der Waals surface area contributed by atoms with Crippen molar-refractivity contribution in [1.82, 2.24) is 0 Å². The van der Waals surface area contributed by atoms with Crippen molar-refractivity contribution in [2.24, 2.45) is 0 Å². The summed E-state index contributed by atoms with van der Waals surface area (Å²) in [6.07, 6.45) is 4.95. The molecule has 0 fully saturated rings. The minimum atomic E-state index is 0.293. The van der Waals surface area contributed by atoms with E-state index in [9.17, 15) is 0 Å². The first-order chi connectivity index (χ1) is 30.7. The predicted octanol–water partition coefficient (Wildman–Crippen LogP) is 18.5. The lowest BCUT2D eigenvalue weighted by atomic mass is 9.79. The molecule has 1 aliphatic heterocycles. The molecule has 0 radical (unpaired) electrons. The Morgan fingerprint density at radius 1 is 0.387 bits per heavy atom. The molecule has 0 spiro atoms. The summed E-state index contributed by atoms with van der Waals surface area (Å²) in [5.74, 6) is 0.332. The number of allylic oxidation sites excluding steroid dienone is 1. The van der Waals surface area contributed by atoms with Crippen molar-refractivity contribution < 1.29 is 0 Å². The standard InChI is InChI=1S/C58H32S4/c1-7-15-51-35(9-1)41-21-19-39-43(31-17-23-53-47(25-31)37-11-3-5-13-49(37)59-53)27-33-30-46-34(29-45(33)55(39)57(41)61-51)28-44(32-18-24-54-48(26-32)38-12-4-6-14-50(38)60-54)40-20-22-42-36-10-2-8-16-52(36)62-58(42)56(40)46/h1-30,41,57H. The van der Waals surface area contributed by atoms with Gasteiger partial charge in [0.05, 0.1) is 0 Å². The number of hydrogen-bond donors (Lipinski definition) is 0. The van der Waals surface area contributed by atoms with Crippen LogP contribution in [0.2, 0.25) is 0 Å². The van der Waals surface area contributed by atoms with Crippen molar-refractivity contribution in [3.63, 3.8) is 0 Å². The van der Waals surface area contributed by atoms with Gasteiger partial charge in [-0.25, -0.2) is 0 Å². The zero-order valence-electron chi connectivity index (χ0n) is 33.1. The molecule has 288 valence electrons. The minimum Gasteiger partial charge on any atom is -0.135 e. The van der Waals surface area contributed by atoms with Gasteiger partial charge in [0.2, 0.25) is 0 Å². The Bertz CT molecular complexity index is 4160. The largest absolute Gasteiger partial charge is 0.135 e. The highest BCUT2D eigenvalue weighted by Crippen LogP contribution is 2.60. The molecule has 10 aromatic carbocycles. The smallest absolute Gasteiger partial charge is 0.0460 e. The zero-order valence-corrected chi connectivity index (χ0v) is 36.4. The highest BCUT2D eigenvalue weighted by Gasteiger charge is 2.38. The third-order valence-corrected chi connectivity index (χ3v) is 18.7. The van der Waals surface area contributed by atoms with E-state index in [1.54, 1.807) is 0 Å². The molecule has 0 amide bonds. The fourth-order valence-corrected chi connectivity index (χ4v) is 16.0. The van der Waals surface area contributed by atoms with Crippen molar-refractivity contribution in [1.29, 1.82) is 0 Å². The predicted molar refractivity (Wildman–Crippen MR) is 275 cm³/mol. The van der Waals surface area contributed by atoms with Crippen molar-refractivity contribution >= 4 is 145 Å². The van der Waals surface area contributed by atoms with E-state index in [1.165, 1.54) is 137 Å². The normalized spacial score (nSPS) is 15.9. The lowest BCUT2D eigenvalue weighted by Crippen LogP contribution is -2.09. The first kappa shape index (κ1) is 34.3. The van der Waals surface area contributed by atoms with Crippen LogP contribution >= 0.6 is 45.8 Å². The van der Waals surface area contributed by atoms with Gasteiger partial charge in [0.15, 0.2) is 0 Å². The minimum absolute atomic E-state index is 0.293. The summed E-state index contributed by atoms with van der Waals surface area (Å²) in [4.78, 5) is 1.40. The van der Waals surface area contributed by atoms with E-state index in [0.29, 0.717) is 11.2 Å². The molecule has 4 heterocycles. The third-order valence-electron chi connectivity index (χ3n) is 13.8. The summed E-state index contributed by atoms with van der Waals surface area (Å²) in [7, 11) is 0. The van der Waals surface area contributed by atoms with E-state index in [2.05, 4.69) is 194 Å². The van der Waals surface area contributed by atoms with E-state index < -0.39 is 0 Å². The molecular formula is C58H32S4. The van der Waals surface area contributed by atoms with E-state index in [1.807, 2.05) is 34.0 Å². The van der Waals surface area contributed by atoms with Gasteiger partial charge < -0.3 is 0 Å². The molecule has 0 saturated carbocycles. The molecule has 0 saturated heterocycles. The molecule has 1 aliphatic carbocycles. The van der Waals surface area contributed by atoms with Gasteiger partial charge in [-0.3, -0.25) is 0 Å². The molecule has 0 nitrogen and oxygen atoms in total. The van der Waals surface area contributed by atoms with Gasteiger partial charge in [-0.05, 0) is 139 Å². The average molecular weight is 857 g/mol. The summed E-state index contributed by atoms with van der Waals surface area (Å²) in [5.41, 5.74) is 9.45. The van der Waals surface area contributed by atoms with Crippen LogP contribution < -0.4 is 0 Å². The van der Waals surface area contributed by atoms with Gasteiger partial charge >= 0.3 is 0 Å². The number of benzene rings is 10. The van der Waals surface area contributed by atoms with Gasteiger partial charge in [0, 0.05) is 82.0 Å². The second-order valence-electron chi connectivity index (χ2n) is 17.0. The first-order valence-corrected chi connectivity index (χ1v) is 24.6. The lowest BCUT2D eigenvalue weighted by molar-refractivity contribution is 0.825. The molecule has 3 aromatic heterocycles. The summed E-state index contributed by atoms with van der Waals surface area (Å²) in [6.45, 7) is 0. The Labute approximate surface area is 373 Å². The maximum atomic E-state index is 2.57. The third kappa shape index (κ3) is 4.73. The van der Waals surface area contributed by atoms with Crippen LogP contribution in [0.1, 0.15) is 27.9 Å². The van der Waals surface area contributed by atoms with E-state index in [-0.39, 0.29) is 0 Å². The molecule has 0 N–H and O–H groups in total. The molecule has 2 aliphatic rings. The first-order valence-electron chi connectivity index (χ1n) is 21.3. The molecule has 2 unspecified atom stereocenters. The van der Waals surface area contributed by atoms with Crippen molar-refractivity contribution in [2.75, 3.05) is 0 Å². The number of thioether (sulfide) groups is 1. The summed E-state index contributed by atoms with van der Waals surface area (Å²) >= 11 is 7.78. The molecule has 0 bridgehead atoms. The molecule has 13 aromatic rings. The average Bonchev–Trinajstić information content (AvgIpc) is 4.10. The van der Waals surface area contributed by atoms with Crippen LogP contribution in [0.15, 0.2) is 181 Å². The molecule has 15 rings (SSSR count). The van der Waals surface area contributed by atoms with Gasteiger partial charge in [0.1, 0.15) is 0 Å². The van der Waals surface area contributed by atoms with Crippen LogP contribution in [0.4, 0.5) is 0 Å². The highest BCUT2D eigenvalue weighted by molar-refractivity contribution is 8.00. The SMILES string of the molecule is C1=CC2c3ccccc3SC2c2c1c(-c1ccc3sc4ccccc4c3c1)cc1cc3c(cc(-c4ccc5sc6ccccc6c5c4)c4ccc5c6ccccc6sc5c43)cc21. The van der Waals surface area contributed by atoms with Crippen LogP contribution in [0.3, 0.4) is 0 Å². The monoisotopic (exact) mass is 856 g/mol. The Balaban J connectivity index is 1.06. The van der Waals surface area contributed by atoms with Gasteiger partial charge in [-0.15, -0.1) is 45.8 Å². The van der Waals surface area contributed by atoms with Crippen molar-refractivity contribution in [3.05, 3.63) is 193 Å². The summed E-state index contributed by atoms with van der Waals surface area (Å²) in [5, 5.41) is 16.3. The van der Waals surface area contributed by atoms with Crippen LogP contribution in [0.25, 0.3) is 121 Å². The second kappa shape index (κ2) is 12.7. The summed E-state index contributed by atoms with van der Waals surface area (Å²) in [6, 6.07) is 65.0. The quantitative estimate of drug-likeness (QED) is 0.123. The highest BCUT2D eigenvalue weighted by atomic mass is 32.2. The Morgan fingerprint density at radius 2 is 0.952 bits per heavy atom. The molecule has 2 atom stereocenters. The molecule has 62 heavy (non-hydrogen) atoms. The van der Waals surface area contributed by atoms with E-state index >= 15 is 0 Å². The van der Waals surface area contributed by atoms with Crippen molar-refractivity contribution in [3.8, 4) is 22.3 Å². The Morgan fingerprint density at radius 3 is 1.69 bits per heavy atom. The fourth-order valence-electron chi connectivity index (χ4n) is 11.0. The molecular weight excluding hydrogens is 825 g/mol. The fraction of sp³-hybridized carbons (Fsp3) is 0.0345. The van der Waals surface area contributed by atoms with Crippen LogP contribution in [-0.4, -0.2) is 0 Å². The zero-order chi connectivity index (χ0) is 40.2. The van der Waals surface area contributed by atoms with Gasteiger partial charge in [0.25, 0.3) is 0 Å². The second-order valence-corrected chi connectivity index (χ2v) is 21.4. The topological polar surface area (TPSA) is 0 Å².